The summed E-state index contributed by atoms with van der Waals surface area (Å²) in [5, 5.41) is 0. The van der Waals surface area contributed by atoms with Crippen LogP contribution in [0, 0.1) is 5.82 Å². The lowest BCUT2D eigenvalue weighted by Crippen LogP contribution is -2.29. The molecule has 1 nitrogen and oxygen atoms in total. The molecule has 0 spiro atoms. The summed E-state index contributed by atoms with van der Waals surface area (Å²) < 4.78 is 13.1. The van der Waals surface area contributed by atoms with Gasteiger partial charge < -0.3 is 4.90 Å². The Morgan fingerprint density at radius 3 is 3.00 bits per heavy atom. The monoisotopic (exact) mass is 241 g/mol. The molecule has 0 radical (unpaired) electrons. The van der Waals surface area contributed by atoms with Crippen LogP contribution in [0.25, 0.3) is 0 Å². The van der Waals surface area contributed by atoms with Crippen molar-refractivity contribution in [3.63, 3.8) is 0 Å². The number of anilines is 1. The zero-order valence-electron chi connectivity index (χ0n) is 9.55. The molecule has 1 heterocycles. The maximum Gasteiger partial charge on any atom is 0.123 e. The van der Waals surface area contributed by atoms with Gasteiger partial charge in [-0.2, -0.15) is 0 Å². The molecule has 1 aliphatic rings. The lowest BCUT2D eigenvalue weighted by Gasteiger charge is -2.27. The van der Waals surface area contributed by atoms with Crippen molar-refractivity contribution in [2.24, 2.45) is 0 Å². The minimum absolute atomic E-state index is 0.202. The molecule has 0 N–H and O–H groups in total. The van der Waals surface area contributed by atoms with Gasteiger partial charge in [0.2, 0.25) is 0 Å². The van der Waals surface area contributed by atoms with Crippen LogP contribution >= 0.6 is 11.6 Å². The van der Waals surface area contributed by atoms with E-state index in [-0.39, 0.29) is 5.82 Å². The van der Waals surface area contributed by atoms with E-state index in [1.807, 2.05) is 6.07 Å². The first-order valence-electron chi connectivity index (χ1n) is 5.87. The molecule has 3 heteroatoms. The normalized spacial score (nSPS) is 20.4. The van der Waals surface area contributed by atoms with Crippen LogP contribution in [0.3, 0.4) is 0 Å². The second-order valence-corrected chi connectivity index (χ2v) is 4.57. The number of alkyl halides is 1. The van der Waals surface area contributed by atoms with Gasteiger partial charge in [0.25, 0.3) is 0 Å². The summed E-state index contributed by atoms with van der Waals surface area (Å²) in [6.45, 7) is 3.26. The topological polar surface area (TPSA) is 3.24 Å². The van der Waals surface area contributed by atoms with E-state index in [1.165, 1.54) is 18.9 Å². The van der Waals surface area contributed by atoms with Gasteiger partial charge in [-0.3, -0.25) is 0 Å². The molecule has 0 aromatic heterocycles. The Hall–Kier alpha value is -0.760. The Bertz CT molecular complexity index is 367. The van der Waals surface area contributed by atoms with Crippen molar-refractivity contribution in [2.45, 2.75) is 38.1 Å². The van der Waals surface area contributed by atoms with Gasteiger partial charge >= 0.3 is 0 Å². The molecule has 1 aromatic carbocycles. The molecule has 2 rings (SSSR count). The minimum atomic E-state index is -0.202. The van der Waals surface area contributed by atoms with Gasteiger partial charge in [-0.25, -0.2) is 4.39 Å². The van der Waals surface area contributed by atoms with E-state index in [1.54, 1.807) is 6.07 Å². The quantitative estimate of drug-likeness (QED) is 0.725. The summed E-state index contributed by atoms with van der Waals surface area (Å²) in [6, 6.07) is 5.53. The molecule has 0 amide bonds. The van der Waals surface area contributed by atoms with Crippen molar-refractivity contribution < 1.29 is 4.39 Å². The molecular formula is C13H17ClFN. The smallest absolute Gasteiger partial charge is 0.123 e. The maximum absolute atomic E-state index is 13.1. The van der Waals surface area contributed by atoms with Crippen molar-refractivity contribution in [3.05, 3.63) is 29.6 Å². The molecule has 0 saturated carbocycles. The third kappa shape index (κ3) is 2.17. The summed E-state index contributed by atoms with van der Waals surface area (Å²) in [7, 11) is 0. The van der Waals surface area contributed by atoms with Crippen LogP contribution in [-0.4, -0.2) is 12.6 Å². The van der Waals surface area contributed by atoms with Gasteiger partial charge in [0, 0.05) is 24.2 Å². The molecule has 1 atom stereocenters. The second kappa shape index (κ2) is 5.05. The van der Waals surface area contributed by atoms with E-state index in [0.29, 0.717) is 11.9 Å². The second-order valence-electron chi connectivity index (χ2n) is 4.30. The molecule has 0 bridgehead atoms. The van der Waals surface area contributed by atoms with Crippen molar-refractivity contribution in [1.82, 2.24) is 0 Å². The number of halogens is 2. The first-order valence-corrected chi connectivity index (χ1v) is 6.40. The Morgan fingerprint density at radius 2 is 2.31 bits per heavy atom. The van der Waals surface area contributed by atoms with Crippen LogP contribution in [0.4, 0.5) is 10.1 Å². The predicted octanol–water partition coefficient (Wildman–Crippen LogP) is 3.94. The minimum Gasteiger partial charge on any atom is -0.368 e. The van der Waals surface area contributed by atoms with Crippen molar-refractivity contribution in [1.29, 1.82) is 0 Å². The van der Waals surface area contributed by atoms with Gasteiger partial charge in [-0.1, -0.05) is 6.92 Å². The van der Waals surface area contributed by atoms with Crippen LogP contribution in [-0.2, 0) is 5.88 Å². The fourth-order valence-corrected chi connectivity index (χ4v) is 2.73. The molecular weight excluding hydrogens is 225 g/mol. The van der Waals surface area contributed by atoms with Gasteiger partial charge in [-0.15, -0.1) is 11.6 Å². The molecule has 1 fully saturated rings. The highest BCUT2D eigenvalue weighted by atomic mass is 35.5. The lowest BCUT2D eigenvalue weighted by molar-refractivity contribution is 0.622. The van der Waals surface area contributed by atoms with Crippen LogP contribution in [0.5, 0.6) is 0 Å². The Balaban J connectivity index is 2.31. The first kappa shape index (κ1) is 11.7. The fraction of sp³-hybridized carbons (Fsp3) is 0.538. The first-order chi connectivity index (χ1) is 7.76. The Kier molecular flexibility index (Phi) is 3.70. The van der Waals surface area contributed by atoms with Gasteiger partial charge in [0.15, 0.2) is 0 Å². The molecule has 1 unspecified atom stereocenters. The summed E-state index contributed by atoms with van der Waals surface area (Å²) in [4.78, 5) is 2.37. The van der Waals surface area contributed by atoms with Crippen molar-refractivity contribution >= 4 is 17.3 Å². The molecule has 1 aromatic rings. The number of rotatable bonds is 3. The summed E-state index contributed by atoms with van der Waals surface area (Å²) >= 11 is 5.88. The predicted molar refractivity (Wildman–Crippen MR) is 66.6 cm³/mol. The van der Waals surface area contributed by atoms with Gasteiger partial charge in [0.05, 0.1) is 0 Å². The van der Waals surface area contributed by atoms with Crippen molar-refractivity contribution in [2.75, 3.05) is 11.4 Å². The molecule has 1 aliphatic heterocycles. The molecule has 1 saturated heterocycles. The van der Waals surface area contributed by atoms with Crippen LogP contribution in [0.1, 0.15) is 31.7 Å². The van der Waals surface area contributed by atoms with Crippen molar-refractivity contribution in [3.8, 4) is 0 Å². The molecule has 0 aliphatic carbocycles. The fourth-order valence-electron chi connectivity index (χ4n) is 2.52. The van der Waals surface area contributed by atoms with Gasteiger partial charge in [0.1, 0.15) is 5.82 Å². The Labute approximate surface area is 101 Å². The molecule has 88 valence electrons. The van der Waals surface area contributed by atoms with E-state index >= 15 is 0 Å². The third-order valence-corrected chi connectivity index (χ3v) is 3.63. The summed E-state index contributed by atoms with van der Waals surface area (Å²) in [5.41, 5.74) is 2.02. The summed E-state index contributed by atoms with van der Waals surface area (Å²) in [6.07, 6.45) is 3.59. The number of benzene rings is 1. The van der Waals surface area contributed by atoms with E-state index in [9.17, 15) is 4.39 Å². The largest absolute Gasteiger partial charge is 0.368 e. The number of nitrogens with zero attached hydrogens (tertiary/aromatic N) is 1. The van der Waals surface area contributed by atoms with E-state index in [4.69, 9.17) is 11.6 Å². The number of hydrogen-bond donors (Lipinski definition) is 0. The third-order valence-electron chi connectivity index (χ3n) is 3.34. The summed E-state index contributed by atoms with van der Waals surface area (Å²) in [5.74, 6) is 0.173. The average molecular weight is 242 g/mol. The zero-order chi connectivity index (χ0) is 11.5. The lowest BCUT2D eigenvalue weighted by atomic mass is 10.1. The zero-order valence-corrected chi connectivity index (χ0v) is 10.3. The standard InChI is InChI=1S/C13H17ClFN/c1-2-12-4-3-7-16(12)13-6-5-11(15)8-10(13)9-14/h5-6,8,12H,2-4,7,9H2,1H3. The van der Waals surface area contributed by atoms with E-state index < -0.39 is 0 Å². The van der Waals surface area contributed by atoms with Crippen LogP contribution < -0.4 is 4.90 Å². The van der Waals surface area contributed by atoms with Crippen LogP contribution in [0.15, 0.2) is 18.2 Å². The van der Waals surface area contributed by atoms with E-state index in [2.05, 4.69) is 11.8 Å². The highest BCUT2D eigenvalue weighted by molar-refractivity contribution is 6.17. The van der Waals surface area contributed by atoms with E-state index in [0.717, 1.165) is 24.2 Å². The van der Waals surface area contributed by atoms with Crippen LogP contribution in [0.2, 0.25) is 0 Å². The van der Waals surface area contributed by atoms with Gasteiger partial charge in [-0.05, 0) is 43.0 Å². The SMILES string of the molecule is CCC1CCCN1c1ccc(F)cc1CCl. The number of hydrogen-bond acceptors (Lipinski definition) is 1. The average Bonchev–Trinajstić information content (AvgIpc) is 2.76. The highest BCUT2D eigenvalue weighted by Crippen LogP contribution is 2.31. The molecule has 16 heavy (non-hydrogen) atoms. The Morgan fingerprint density at radius 1 is 1.50 bits per heavy atom. The maximum atomic E-state index is 13.1. The highest BCUT2D eigenvalue weighted by Gasteiger charge is 2.24.